The summed E-state index contributed by atoms with van der Waals surface area (Å²) < 4.78 is 5.76. The predicted octanol–water partition coefficient (Wildman–Crippen LogP) is 3.99. The van der Waals surface area contributed by atoms with Crippen LogP contribution in [0.2, 0.25) is 10.2 Å². The number of rotatable bonds is 2. The number of amides is 2. The maximum absolute atomic E-state index is 12.4. The SMILES string of the molecule is O=C(Nc1ccc(Cl)nc1)N1CCO[C@@H](c2ccc(Cl)cc2)C1. The first-order valence-corrected chi connectivity index (χ1v) is 7.92. The van der Waals surface area contributed by atoms with Crippen molar-refractivity contribution in [2.24, 2.45) is 0 Å². The Morgan fingerprint density at radius 3 is 2.70 bits per heavy atom. The number of morpholine rings is 1. The first kappa shape index (κ1) is 16.1. The zero-order valence-corrected chi connectivity index (χ0v) is 13.7. The van der Waals surface area contributed by atoms with Crippen LogP contribution in [0.15, 0.2) is 42.6 Å². The highest BCUT2D eigenvalue weighted by molar-refractivity contribution is 6.30. The van der Waals surface area contributed by atoms with Gasteiger partial charge in [0, 0.05) is 11.6 Å². The molecule has 0 bridgehead atoms. The molecular formula is C16H15Cl2N3O2. The lowest BCUT2D eigenvalue weighted by Crippen LogP contribution is -2.44. The average molecular weight is 352 g/mol. The van der Waals surface area contributed by atoms with E-state index in [1.165, 1.54) is 6.20 Å². The van der Waals surface area contributed by atoms with Gasteiger partial charge in [-0.15, -0.1) is 0 Å². The molecule has 1 saturated heterocycles. The third kappa shape index (κ3) is 4.13. The smallest absolute Gasteiger partial charge is 0.322 e. The molecule has 1 aromatic carbocycles. The zero-order valence-electron chi connectivity index (χ0n) is 12.2. The van der Waals surface area contributed by atoms with Gasteiger partial charge < -0.3 is 15.0 Å². The summed E-state index contributed by atoms with van der Waals surface area (Å²) in [5.74, 6) is 0. The zero-order chi connectivity index (χ0) is 16.2. The number of benzene rings is 1. The lowest BCUT2D eigenvalue weighted by atomic mass is 10.1. The summed E-state index contributed by atoms with van der Waals surface area (Å²) >= 11 is 11.6. The number of anilines is 1. The van der Waals surface area contributed by atoms with Crippen LogP contribution in [0, 0.1) is 0 Å². The van der Waals surface area contributed by atoms with Gasteiger partial charge in [-0.2, -0.15) is 0 Å². The normalized spacial score (nSPS) is 17.8. The standard InChI is InChI=1S/C16H15Cl2N3O2/c17-12-3-1-11(2-4-12)14-10-21(7-8-23-14)16(22)20-13-5-6-15(18)19-9-13/h1-6,9,14H,7-8,10H2,(H,20,22)/t14-/m1/s1. The Morgan fingerprint density at radius 1 is 1.22 bits per heavy atom. The van der Waals surface area contributed by atoms with Crippen LogP contribution < -0.4 is 5.32 Å². The molecule has 3 rings (SSSR count). The number of nitrogens with one attached hydrogen (secondary N) is 1. The lowest BCUT2D eigenvalue weighted by Gasteiger charge is -2.33. The fraction of sp³-hybridized carbons (Fsp3) is 0.250. The van der Waals surface area contributed by atoms with Gasteiger partial charge in [0.2, 0.25) is 0 Å². The topological polar surface area (TPSA) is 54.5 Å². The van der Waals surface area contributed by atoms with E-state index in [0.29, 0.717) is 35.6 Å². The molecule has 120 valence electrons. The highest BCUT2D eigenvalue weighted by Gasteiger charge is 2.25. The van der Waals surface area contributed by atoms with Crippen molar-refractivity contribution in [2.75, 3.05) is 25.0 Å². The number of ether oxygens (including phenoxy) is 1. The lowest BCUT2D eigenvalue weighted by molar-refractivity contribution is -0.0135. The number of aromatic nitrogens is 1. The molecule has 1 aliphatic heterocycles. The van der Waals surface area contributed by atoms with Gasteiger partial charge in [-0.1, -0.05) is 35.3 Å². The van der Waals surface area contributed by atoms with Crippen molar-refractivity contribution >= 4 is 34.9 Å². The molecule has 0 spiro atoms. The van der Waals surface area contributed by atoms with Gasteiger partial charge in [0.15, 0.2) is 0 Å². The summed E-state index contributed by atoms with van der Waals surface area (Å²) in [7, 11) is 0. The highest BCUT2D eigenvalue weighted by Crippen LogP contribution is 2.24. The molecule has 2 heterocycles. The van der Waals surface area contributed by atoms with Gasteiger partial charge in [0.05, 0.1) is 25.0 Å². The molecule has 0 aliphatic carbocycles. The number of carbonyl (C=O) groups is 1. The number of carbonyl (C=O) groups excluding carboxylic acids is 1. The third-order valence-corrected chi connectivity index (χ3v) is 4.05. The van der Waals surface area contributed by atoms with E-state index < -0.39 is 0 Å². The van der Waals surface area contributed by atoms with Gasteiger partial charge in [0.1, 0.15) is 11.3 Å². The molecule has 5 nitrogen and oxygen atoms in total. The number of hydrogen-bond acceptors (Lipinski definition) is 3. The van der Waals surface area contributed by atoms with E-state index in [9.17, 15) is 4.79 Å². The predicted molar refractivity (Wildman–Crippen MR) is 90.0 cm³/mol. The average Bonchev–Trinajstić information content (AvgIpc) is 2.58. The van der Waals surface area contributed by atoms with Crippen molar-refractivity contribution in [3.8, 4) is 0 Å². The number of hydrogen-bond donors (Lipinski definition) is 1. The largest absolute Gasteiger partial charge is 0.370 e. The molecule has 0 unspecified atom stereocenters. The molecule has 23 heavy (non-hydrogen) atoms. The third-order valence-electron chi connectivity index (χ3n) is 3.57. The number of pyridine rings is 1. The summed E-state index contributed by atoms with van der Waals surface area (Å²) in [5, 5.41) is 3.87. The first-order chi connectivity index (χ1) is 11.1. The van der Waals surface area contributed by atoms with Crippen LogP contribution in [-0.2, 0) is 4.74 Å². The summed E-state index contributed by atoms with van der Waals surface area (Å²) in [6.45, 7) is 1.50. The van der Waals surface area contributed by atoms with E-state index in [4.69, 9.17) is 27.9 Å². The Bertz CT molecular complexity index is 677. The molecule has 2 amide bonds. The van der Waals surface area contributed by atoms with E-state index in [1.807, 2.05) is 24.3 Å². The quantitative estimate of drug-likeness (QED) is 0.832. The molecule has 2 aromatic rings. The van der Waals surface area contributed by atoms with Crippen molar-refractivity contribution in [1.82, 2.24) is 9.88 Å². The van der Waals surface area contributed by atoms with Gasteiger partial charge in [-0.05, 0) is 29.8 Å². The number of urea groups is 1. The number of halogens is 2. The monoisotopic (exact) mass is 351 g/mol. The molecule has 0 radical (unpaired) electrons. The second kappa shape index (κ2) is 7.17. The van der Waals surface area contributed by atoms with Gasteiger partial charge in [-0.3, -0.25) is 0 Å². The molecule has 1 N–H and O–H groups in total. The second-order valence-electron chi connectivity index (χ2n) is 5.16. The molecule has 1 aliphatic rings. The minimum atomic E-state index is -0.184. The van der Waals surface area contributed by atoms with Gasteiger partial charge in [0.25, 0.3) is 0 Å². The summed E-state index contributed by atoms with van der Waals surface area (Å²) in [5.41, 5.74) is 1.61. The van der Waals surface area contributed by atoms with E-state index >= 15 is 0 Å². The van der Waals surface area contributed by atoms with Crippen LogP contribution >= 0.6 is 23.2 Å². The Kier molecular flexibility index (Phi) is 5.00. The van der Waals surface area contributed by atoms with E-state index in [2.05, 4.69) is 10.3 Å². The fourth-order valence-electron chi connectivity index (χ4n) is 2.37. The number of nitrogens with zero attached hydrogens (tertiary/aromatic N) is 2. The summed E-state index contributed by atoms with van der Waals surface area (Å²) in [6, 6.07) is 10.6. The Labute approximate surface area is 144 Å². The van der Waals surface area contributed by atoms with Crippen molar-refractivity contribution in [2.45, 2.75) is 6.10 Å². The maximum atomic E-state index is 12.4. The highest BCUT2D eigenvalue weighted by atomic mass is 35.5. The van der Waals surface area contributed by atoms with Crippen LogP contribution in [0.5, 0.6) is 0 Å². The summed E-state index contributed by atoms with van der Waals surface area (Å²) in [4.78, 5) is 18.0. The van der Waals surface area contributed by atoms with Crippen LogP contribution in [-0.4, -0.2) is 35.6 Å². The van der Waals surface area contributed by atoms with Crippen LogP contribution in [0.25, 0.3) is 0 Å². The molecule has 1 atom stereocenters. The fourth-order valence-corrected chi connectivity index (χ4v) is 2.60. The second-order valence-corrected chi connectivity index (χ2v) is 5.98. The maximum Gasteiger partial charge on any atom is 0.322 e. The van der Waals surface area contributed by atoms with Crippen LogP contribution in [0.3, 0.4) is 0 Å². The van der Waals surface area contributed by atoms with E-state index in [-0.39, 0.29) is 12.1 Å². The summed E-state index contributed by atoms with van der Waals surface area (Å²) in [6.07, 6.45) is 1.37. The molecule has 7 heteroatoms. The van der Waals surface area contributed by atoms with Crippen molar-refractivity contribution in [1.29, 1.82) is 0 Å². The van der Waals surface area contributed by atoms with Crippen molar-refractivity contribution in [3.63, 3.8) is 0 Å². The first-order valence-electron chi connectivity index (χ1n) is 7.16. The van der Waals surface area contributed by atoms with Crippen LogP contribution in [0.4, 0.5) is 10.5 Å². The molecule has 1 fully saturated rings. The Hall–Kier alpha value is -1.82. The van der Waals surface area contributed by atoms with Gasteiger partial charge >= 0.3 is 6.03 Å². The minimum absolute atomic E-state index is 0.157. The molecule has 1 aromatic heterocycles. The molecular weight excluding hydrogens is 337 g/mol. The van der Waals surface area contributed by atoms with Gasteiger partial charge in [-0.25, -0.2) is 9.78 Å². The minimum Gasteiger partial charge on any atom is -0.370 e. The van der Waals surface area contributed by atoms with Crippen molar-refractivity contribution < 1.29 is 9.53 Å². The van der Waals surface area contributed by atoms with Crippen LogP contribution in [0.1, 0.15) is 11.7 Å². The van der Waals surface area contributed by atoms with E-state index in [1.54, 1.807) is 17.0 Å². The Morgan fingerprint density at radius 2 is 2.00 bits per heavy atom. The van der Waals surface area contributed by atoms with Crippen molar-refractivity contribution in [3.05, 3.63) is 58.3 Å². The Balaban J connectivity index is 1.64. The molecule has 0 saturated carbocycles. The van der Waals surface area contributed by atoms with E-state index in [0.717, 1.165) is 5.56 Å².